The van der Waals surface area contributed by atoms with Crippen LogP contribution in [0.25, 0.3) is 0 Å². The van der Waals surface area contributed by atoms with Crippen molar-refractivity contribution >= 4 is 0 Å². The van der Waals surface area contributed by atoms with Crippen LogP contribution in [-0.4, -0.2) is 92.8 Å². The van der Waals surface area contributed by atoms with Crippen molar-refractivity contribution in [2.24, 2.45) is 0 Å². The van der Waals surface area contributed by atoms with Gasteiger partial charge in [-0.2, -0.15) is 0 Å². The van der Waals surface area contributed by atoms with Gasteiger partial charge in [0.05, 0.1) is 37.8 Å². The van der Waals surface area contributed by atoms with Gasteiger partial charge in [-0.25, -0.2) is 0 Å². The second-order valence-electron chi connectivity index (χ2n) is 4.95. The van der Waals surface area contributed by atoms with Gasteiger partial charge in [0.15, 0.2) is 0 Å². The van der Waals surface area contributed by atoms with Gasteiger partial charge in [0.1, 0.15) is 0 Å². The van der Waals surface area contributed by atoms with E-state index in [0.717, 1.165) is 11.4 Å². The molecule has 0 aromatic carbocycles. The molecule has 0 amide bonds. The first-order valence-corrected chi connectivity index (χ1v) is 7.41. The van der Waals surface area contributed by atoms with Crippen LogP contribution in [0.4, 0.5) is 0 Å². The van der Waals surface area contributed by atoms with Gasteiger partial charge in [0.2, 0.25) is 0 Å². The van der Waals surface area contributed by atoms with Crippen molar-refractivity contribution in [1.29, 1.82) is 0 Å². The van der Waals surface area contributed by atoms with E-state index in [2.05, 4.69) is 9.97 Å². The van der Waals surface area contributed by atoms with Crippen LogP contribution in [0.5, 0.6) is 0 Å². The van der Waals surface area contributed by atoms with Crippen molar-refractivity contribution < 1.29 is 20.4 Å². The van der Waals surface area contributed by atoms with Crippen molar-refractivity contribution in [2.75, 3.05) is 52.6 Å². The van der Waals surface area contributed by atoms with Gasteiger partial charge in [-0.3, -0.25) is 19.8 Å². The normalized spacial score (nSPS) is 11.5. The van der Waals surface area contributed by atoms with Crippen LogP contribution < -0.4 is 0 Å². The average Bonchev–Trinajstić information content (AvgIpc) is 2.49. The Morgan fingerprint density at radius 2 is 1.05 bits per heavy atom. The van der Waals surface area contributed by atoms with Gasteiger partial charge in [0.25, 0.3) is 0 Å². The van der Waals surface area contributed by atoms with Crippen LogP contribution in [0.3, 0.4) is 0 Å². The minimum atomic E-state index is 0.0217. The highest BCUT2D eigenvalue weighted by molar-refractivity contribution is 5.03. The molecule has 0 fully saturated rings. The van der Waals surface area contributed by atoms with Crippen molar-refractivity contribution in [2.45, 2.75) is 13.1 Å². The third kappa shape index (κ3) is 7.21. The second-order valence-corrected chi connectivity index (χ2v) is 4.95. The minimum absolute atomic E-state index is 0.0217. The molecule has 0 spiro atoms. The van der Waals surface area contributed by atoms with E-state index < -0.39 is 0 Å². The highest BCUT2D eigenvalue weighted by Gasteiger charge is 2.09. The third-order valence-electron chi connectivity index (χ3n) is 3.17. The quantitative estimate of drug-likeness (QED) is 0.352. The first kappa shape index (κ1) is 18.9. The molecule has 0 aliphatic rings. The number of rotatable bonds is 12. The van der Waals surface area contributed by atoms with Crippen molar-refractivity contribution in [3.63, 3.8) is 0 Å². The summed E-state index contributed by atoms with van der Waals surface area (Å²) in [4.78, 5) is 12.5. The molecule has 0 aliphatic carbocycles. The lowest BCUT2D eigenvalue weighted by molar-refractivity contribution is 0.152. The first-order valence-electron chi connectivity index (χ1n) is 7.41. The number of aliphatic hydroxyl groups excluding tert-OH is 4. The molecule has 1 heterocycles. The molecule has 22 heavy (non-hydrogen) atoms. The topological polar surface area (TPSA) is 113 Å². The summed E-state index contributed by atoms with van der Waals surface area (Å²) < 4.78 is 0. The van der Waals surface area contributed by atoms with Crippen molar-refractivity contribution in [3.8, 4) is 0 Å². The molecule has 4 N–H and O–H groups in total. The molecule has 0 atom stereocenters. The highest BCUT2D eigenvalue weighted by atomic mass is 16.3. The summed E-state index contributed by atoms with van der Waals surface area (Å²) in [5.74, 6) is 0. The fourth-order valence-corrected chi connectivity index (χ4v) is 2.17. The summed E-state index contributed by atoms with van der Waals surface area (Å²) in [5, 5.41) is 36.1. The maximum absolute atomic E-state index is 9.02. The van der Waals surface area contributed by atoms with Crippen LogP contribution in [0.1, 0.15) is 11.4 Å². The molecule has 126 valence electrons. The summed E-state index contributed by atoms with van der Waals surface area (Å²) in [5.41, 5.74) is 1.51. The lowest BCUT2D eigenvalue weighted by Crippen LogP contribution is -2.31. The molecule has 8 nitrogen and oxygen atoms in total. The zero-order valence-electron chi connectivity index (χ0n) is 12.8. The molecule has 0 saturated heterocycles. The van der Waals surface area contributed by atoms with Crippen LogP contribution in [0.2, 0.25) is 0 Å². The second kappa shape index (κ2) is 11.4. The lowest BCUT2D eigenvalue weighted by Gasteiger charge is -2.21. The smallest absolute Gasteiger partial charge is 0.0730 e. The largest absolute Gasteiger partial charge is 0.395 e. The molecule has 0 saturated carbocycles. The van der Waals surface area contributed by atoms with Crippen molar-refractivity contribution in [1.82, 2.24) is 19.8 Å². The molecule has 0 bridgehead atoms. The summed E-state index contributed by atoms with van der Waals surface area (Å²) in [6.45, 7) is 2.95. The van der Waals surface area contributed by atoms with E-state index >= 15 is 0 Å². The zero-order valence-corrected chi connectivity index (χ0v) is 12.8. The summed E-state index contributed by atoms with van der Waals surface area (Å²) in [7, 11) is 0. The van der Waals surface area contributed by atoms with E-state index in [1.54, 1.807) is 12.4 Å². The fourth-order valence-electron chi connectivity index (χ4n) is 2.17. The monoisotopic (exact) mass is 314 g/mol. The van der Waals surface area contributed by atoms with Gasteiger partial charge < -0.3 is 20.4 Å². The van der Waals surface area contributed by atoms with E-state index in [1.807, 2.05) is 9.80 Å². The highest BCUT2D eigenvalue weighted by Crippen LogP contribution is 2.04. The molecular weight excluding hydrogens is 288 g/mol. The Bertz CT molecular complexity index is 363. The lowest BCUT2D eigenvalue weighted by atomic mass is 10.3. The van der Waals surface area contributed by atoms with Gasteiger partial charge in [-0.1, -0.05) is 0 Å². The van der Waals surface area contributed by atoms with Crippen LogP contribution in [0, 0.1) is 0 Å². The maximum atomic E-state index is 9.02. The van der Waals surface area contributed by atoms with Crippen LogP contribution in [0.15, 0.2) is 12.4 Å². The molecule has 0 unspecified atom stereocenters. The average molecular weight is 314 g/mol. The predicted molar refractivity (Wildman–Crippen MR) is 80.9 cm³/mol. The molecular formula is C14H26N4O4. The Morgan fingerprint density at radius 3 is 1.36 bits per heavy atom. The predicted octanol–water partition coefficient (Wildman–Crippen LogP) is -1.95. The Labute approximate surface area is 130 Å². The standard InChI is InChI=1S/C14H26N4O4/c19-5-1-17(2-6-20)11-13-9-15-10-14(16-13)12-18(3-7-21)4-8-22/h9-10,19-22H,1-8,11-12H2. The van der Waals surface area contributed by atoms with E-state index in [0.29, 0.717) is 39.3 Å². The number of hydrogen-bond donors (Lipinski definition) is 4. The van der Waals surface area contributed by atoms with Gasteiger partial charge in [-0.15, -0.1) is 0 Å². The number of hydrogen-bond acceptors (Lipinski definition) is 8. The first-order chi connectivity index (χ1) is 10.7. The van der Waals surface area contributed by atoms with E-state index in [-0.39, 0.29) is 26.4 Å². The van der Waals surface area contributed by atoms with Crippen LogP contribution in [-0.2, 0) is 13.1 Å². The maximum Gasteiger partial charge on any atom is 0.0730 e. The Kier molecular flexibility index (Phi) is 9.80. The van der Waals surface area contributed by atoms with E-state index in [9.17, 15) is 0 Å². The van der Waals surface area contributed by atoms with Crippen LogP contribution >= 0.6 is 0 Å². The van der Waals surface area contributed by atoms with Gasteiger partial charge in [-0.05, 0) is 0 Å². The molecule has 0 aliphatic heterocycles. The summed E-state index contributed by atoms with van der Waals surface area (Å²) in [6, 6.07) is 0. The van der Waals surface area contributed by atoms with Gasteiger partial charge in [0, 0.05) is 51.7 Å². The van der Waals surface area contributed by atoms with E-state index in [4.69, 9.17) is 20.4 Å². The summed E-state index contributed by atoms with van der Waals surface area (Å²) >= 11 is 0. The fraction of sp³-hybridized carbons (Fsp3) is 0.714. The zero-order chi connectivity index (χ0) is 16.2. The molecule has 1 aromatic heterocycles. The summed E-state index contributed by atoms with van der Waals surface area (Å²) in [6.07, 6.45) is 3.32. The van der Waals surface area contributed by atoms with Gasteiger partial charge >= 0.3 is 0 Å². The Morgan fingerprint density at radius 1 is 0.682 bits per heavy atom. The molecule has 0 radical (unpaired) electrons. The molecule has 1 rings (SSSR count). The number of aromatic nitrogens is 2. The SMILES string of the molecule is OCCN(CCO)Cc1cncc(CN(CCO)CCO)n1. The Hall–Kier alpha value is -1.16. The Balaban J connectivity index is 2.67. The van der Waals surface area contributed by atoms with Crippen molar-refractivity contribution in [3.05, 3.63) is 23.8 Å². The minimum Gasteiger partial charge on any atom is -0.395 e. The molecule has 1 aromatic rings. The number of nitrogens with zero attached hydrogens (tertiary/aromatic N) is 4. The number of aliphatic hydroxyl groups is 4. The molecule has 8 heteroatoms. The third-order valence-corrected chi connectivity index (χ3v) is 3.17. The van der Waals surface area contributed by atoms with E-state index in [1.165, 1.54) is 0 Å².